The maximum Gasteiger partial charge on any atom is 0.341 e. The highest BCUT2D eigenvalue weighted by molar-refractivity contribution is 9.10. The van der Waals surface area contributed by atoms with Gasteiger partial charge in [0, 0.05) is 6.54 Å². The molecular formula is C16H15BrN2O6. The second-order valence-corrected chi connectivity index (χ2v) is 5.76. The molecule has 2 N–H and O–H groups in total. The lowest BCUT2D eigenvalue weighted by Gasteiger charge is -2.12. The Bertz CT molecular complexity index is 774. The van der Waals surface area contributed by atoms with Crippen LogP contribution in [0.1, 0.15) is 5.56 Å². The Kier molecular flexibility index (Phi) is 5.81. The molecule has 0 aliphatic carbocycles. The average molecular weight is 411 g/mol. The molecule has 2 rings (SSSR count). The predicted molar refractivity (Wildman–Crippen MR) is 92.2 cm³/mol. The maximum absolute atomic E-state index is 12.2. The molecule has 0 radical (unpaired) electrons. The number of carboxylic acids is 1. The van der Waals surface area contributed by atoms with Gasteiger partial charge in [-0.05, 0) is 39.7 Å². The molecule has 25 heavy (non-hydrogen) atoms. The number of aliphatic carboxylic acids is 1. The summed E-state index contributed by atoms with van der Waals surface area (Å²) < 4.78 is 10.8. The molecular weight excluding hydrogens is 396 g/mol. The number of urea groups is 1. The zero-order valence-corrected chi connectivity index (χ0v) is 14.8. The summed E-state index contributed by atoms with van der Waals surface area (Å²) in [6.45, 7) is 3.08. The molecule has 0 spiro atoms. The minimum atomic E-state index is -1.12. The molecule has 0 saturated carbocycles. The fraction of sp³-hybridized carbons (Fsp3) is 0.188. The number of hydrogen-bond acceptors (Lipinski definition) is 5. The second kappa shape index (κ2) is 7.84. The van der Waals surface area contributed by atoms with Gasteiger partial charge in [-0.25, -0.2) is 9.59 Å². The number of benzene rings is 1. The largest absolute Gasteiger partial charge is 0.493 e. The Hall–Kier alpha value is -2.81. The van der Waals surface area contributed by atoms with Crippen LogP contribution < -0.4 is 14.8 Å². The second-order valence-electron chi connectivity index (χ2n) is 4.91. The topological polar surface area (TPSA) is 105 Å². The number of nitrogens with one attached hydrogen (secondary N) is 1. The van der Waals surface area contributed by atoms with Gasteiger partial charge >= 0.3 is 12.0 Å². The average Bonchev–Trinajstić information content (AvgIpc) is 2.81. The standard InChI is InChI=1S/C16H15BrN2O6/c1-3-4-19-15(22)11(18-16(19)23)6-9-5-10(17)14(12(7-9)24-2)25-8-13(20)21/h3,5-7H,1,4,8H2,2H3,(H,18,23)(H,20,21)/b11-6-. The number of ether oxygens (including phenoxy) is 2. The molecule has 1 fully saturated rings. The van der Waals surface area contributed by atoms with Gasteiger partial charge in [-0.3, -0.25) is 9.69 Å². The van der Waals surface area contributed by atoms with E-state index >= 15 is 0 Å². The molecule has 0 unspecified atom stereocenters. The fourth-order valence-corrected chi connectivity index (χ4v) is 2.70. The number of hydrogen-bond donors (Lipinski definition) is 2. The number of carboxylic acid groups (broad SMARTS) is 1. The highest BCUT2D eigenvalue weighted by Crippen LogP contribution is 2.37. The third-order valence-corrected chi connectivity index (χ3v) is 3.77. The zero-order chi connectivity index (χ0) is 18.6. The number of nitrogens with zero attached hydrogens (tertiary/aromatic N) is 1. The minimum Gasteiger partial charge on any atom is -0.493 e. The first kappa shape index (κ1) is 18.5. The molecule has 8 nitrogen and oxygen atoms in total. The van der Waals surface area contributed by atoms with Crippen LogP contribution >= 0.6 is 15.9 Å². The Morgan fingerprint density at radius 2 is 2.16 bits per heavy atom. The predicted octanol–water partition coefficient (Wildman–Crippen LogP) is 2.00. The van der Waals surface area contributed by atoms with E-state index in [4.69, 9.17) is 14.6 Å². The van der Waals surface area contributed by atoms with Crippen molar-refractivity contribution >= 4 is 39.9 Å². The van der Waals surface area contributed by atoms with Crippen LogP contribution in [0.2, 0.25) is 0 Å². The molecule has 9 heteroatoms. The van der Waals surface area contributed by atoms with E-state index in [2.05, 4.69) is 27.8 Å². The fourth-order valence-electron chi connectivity index (χ4n) is 2.13. The van der Waals surface area contributed by atoms with E-state index in [0.717, 1.165) is 4.90 Å². The molecule has 0 aromatic heterocycles. The Balaban J connectivity index is 2.33. The molecule has 1 heterocycles. The Morgan fingerprint density at radius 1 is 1.44 bits per heavy atom. The third-order valence-electron chi connectivity index (χ3n) is 3.18. The van der Waals surface area contributed by atoms with Gasteiger partial charge in [-0.1, -0.05) is 6.08 Å². The van der Waals surface area contributed by atoms with Gasteiger partial charge in [0.1, 0.15) is 5.70 Å². The monoisotopic (exact) mass is 410 g/mol. The van der Waals surface area contributed by atoms with Gasteiger partial charge in [-0.15, -0.1) is 6.58 Å². The summed E-state index contributed by atoms with van der Waals surface area (Å²) >= 11 is 3.28. The molecule has 1 aliphatic rings. The van der Waals surface area contributed by atoms with Crippen LogP contribution in [0, 0.1) is 0 Å². The van der Waals surface area contributed by atoms with Gasteiger partial charge in [0.05, 0.1) is 11.6 Å². The van der Waals surface area contributed by atoms with Gasteiger partial charge in [0.25, 0.3) is 5.91 Å². The van der Waals surface area contributed by atoms with Crippen molar-refractivity contribution < 1.29 is 29.0 Å². The van der Waals surface area contributed by atoms with Crippen LogP contribution in [-0.2, 0) is 9.59 Å². The number of carbonyl (C=O) groups excluding carboxylic acids is 2. The van der Waals surface area contributed by atoms with Gasteiger partial charge in [0.2, 0.25) is 0 Å². The number of amides is 3. The highest BCUT2D eigenvalue weighted by Gasteiger charge is 2.32. The summed E-state index contributed by atoms with van der Waals surface area (Å²) in [6, 6.07) is 2.65. The molecule has 1 saturated heterocycles. The first-order valence-corrected chi connectivity index (χ1v) is 7.84. The molecule has 3 amide bonds. The van der Waals surface area contributed by atoms with Crippen molar-refractivity contribution in [3.63, 3.8) is 0 Å². The lowest BCUT2D eigenvalue weighted by atomic mass is 10.1. The van der Waals surface area contributed by atoms with E-state index in [-0.39, 0.29) is 23.7 Å². The Labute approximate surface area is 151 Å². The van der Waals surface area contributed by atoms with E-state index < -0.39 is 24.5 Å². The number of methoxy groups -OCH3 is 1. The SMILES string of the molecule is C=CCN1C(=O)N/C(=C\c2cc(Br)c(OCC(=O)O)c(OC)c2)C1=O. The summed E-state index contributed by atoms with van der Waals surface area (Å²) in [4.78, 5) is 35.6. The van der Waals surface area contributed by atoms with Crippen molar-refractivity contribution in [1.29, 1.82) is 0 Å². The van der Waals surface area contributed by atoms with Crippen molar-refractivity contribution in [2.45, 2.75) is 0 Å². The van der Waals surface area contributed by atoms with Crippen molar-refractivity contribution in [1.82, 2.24) is 10.2 Å². The maximum atomic E-state index is 12.2. The van der Waals surface area contributed by atoms with Crippen molar-refractivity contribution in [2.75, 3.05) is 20.3 Å². The first-order chi connectivity index (χ1) is 11.9. The normalized spacial score (nSPS) is 15.3. The quantitative estimate of drug-likeness (QED) is 0.404. The summed E-state index contributed by atoms with van der Waals surface area (Å²) in [5, 5.41) is 11.2. The lowest BCUT2D eigenvalue weighted by Crippen LogP contribution is -2.30. The molecule has 1 aromatic carbocycles. The summed E-state index contributed by atoms with van der Waals surface area (Å²) in [6.07, 6.45) is 2.94. The van der Waals surface area contributed by atoms with E-state index in [9.17, 15) is 14.4 Å². The molecule has 0 atom stereocenters. The lowest BCUT2D eigenvalue weighted by molar-refractivity contribution is -0.139. The Morgan fingerprint density at radius 3 is 2.76 bits per heavy atom. The van der Waals surface area contributed by atoms with E-state index in [1.165, 1.54) is 19.3 Å². The van der Waals surface area contributed by atoms with E-state index in [1.54, 1.807) is 12.1 Å². The smallest absolute Gasteiger partial charge is 0.341 e. The van der Waals surface area contributed by atoms with Gasteiger partial charge in [-0.2, -0.15) is 0 Å². The van der Waals surface area contributed by atoms with Crippen LogP contribution in [0.3, 0.4) is 0 Å². The summed E-state index contributed by atoms with van der Waals surface area (Å²) in [5.74, 6) is -1.09. The number of rotatable bonds is 7. The third kappa shape index (κ3) is 4.18. The van der Waals surface area contributed by atoms with Crippen LogP contribution in [0.4, 0.5) is 4.79 Å². The van der Waals surface area contributed by atoms with Crippen LogP contribution in [-0.4, -0.2) is 48.2 Å². The number of imide groups is 1. The van der Waals surface area contributed by atoms with E-state index in [1.807, 2.05) is 0 Å². The molecule has 0 bridgehead atoms. The van der Waals surface area contributed by atoms with Crippen LogP contribution in [0.25, 0.3) is 6.08 Å². The number of carbonyl (C=O) groups is 3. The summed E-state index contributed by atoms with van der Waals surface area (Å²) in [7, 11) is 1.40. The molecule has 132 valence electrons. The van der Waals surface area contributed by atoms with Crippen molar-refractivity contribution in [3.8, 4) is 11.5 Å². The molecule has 1 aromatic rings. The van der Waals surface area contributed by atoms with Crippen molar-refractivity contribution in [2.24, 2.45) is 0 Å². The zero-order valence-electron chi connectivity index (χ0n) is 13.2. The van der Waals surface area contributed by atoms with Gasteiger partial charge in [0.15, 0.2) is 18.1 Å². The highest BCUT2D eigenvalue weighted by atomic mass is 79.9. The molecule has 1 aliphatic heterocycles. The minimum absolute atomic E-state index is 0.108. The van der Waals surface area contributed by atoms with Crippen LogP contribution in [0.15, 0.2) is 35.0 Å². The van der Waals surface area contributed by atoms with E-state index in [0.29, 0.717) is 10.0 Å². The van der Waals surface area contributed by atoms with Gasteiger partial charge < -0.3 is 19.9 Å². The summed E-state index contributed by atoms with van der Waals surface area (Å²) in [5.41, 5.74) is 0.663. The first-order valence-electron chi connectivity index (χ1n) is 7.05. The van der Waals surface area contributed by atoms with Crippen LogP contribution in [0.5, 0.6) is 11.5 Å². The van der Waals surface area contributed by atoms with Crippen molar-refractivity contribution in [3.05, 3.63) is 40.5 Å². The number of halogens is 1.